The average Bonchev–Trinajstić information content (AvgIpc) is 2.67. The van der Waals surface area contributed by atoms with Crippen molar-refractivity contribution in [2.75, 3.05) is 20.1 Å². The molecule has 8 heteroatoms. The van der Waals surface area contributed by atoms with Gasteiger partial charge in [0, 0.05) is 48.9 Å². The molecule has 3 rings (SSSR count). The van der Waals surface area contributed by atoms with Crippen LogP contribution in [0.15, 0.2) is 29.2 Å². The highest BCUT2D eigenvalue weighted by Crippen LogP contribution is 2.36. The maximum absolute atomic E-state index is 13.3. The van der Waals surface area contributed by atoms with Gasteiger partial charge in [-0.3, -0.25) is 9.59 Å². The summed E-state index contributed by atoms with van der Waals surface area (Å²) in [4.78, 5) is 25.7. The fourth-order valence-electron chi connectivity index (χ4n) is 3.92. The number of carbonyl (C=O) groups is 1. The monoisotopic (exact) mass is 425 g/mol. The van der Waals surface area contributed by atoms with E-state index < -0.39 is 11.8 Å². The molecule has 0 aliphatic heterocycles. The molecule has 0 radical (unpaired) electrons. The van der Waals surface area contributed by atoms with E-state index in [1.165, 1.54) is 0 Å². The van der Waals surface area contributed by atoms with Gasteiger partial charge in [-0.25, -0.2) is 8.78 Å². The van der Waals surface area contributed by atoms with Crippen LogP contribution in [0.25, 0.3) is 10.8 Å². The maximum atomic E-state index is 13.3. The minimum Gasteiger partial charge on any atom is -0.352 e. The van der Waals surface area contributed by atoms with Crippen molar-refractivity contribution in [2.45, 2.75) is 44.6 Å². The number of halogens is 3. The molecule has 0 unspecified atom stereocenters. The first-order valence-corrected chi connectivity index (χ1v) is 10.3. The van der Waals surface area contributed by atoms with E-state index in [2.05, 4.69) is 10.6 Å². The SMILES string of the molecule is CNC[C@@H](C)n1ccc2c(C(=O)NCC3CCC(F)(F)CC3)c(Cl)ccc2c1=O. The summed E-state index contributed by atoms with van der Waals surface area (Å²) in [5, 5.41) is 7.02. The van der Waals surface area contributed by atoms with E-state index in [1.54, 1.807) is 29.0 Å². The molecule has 0 spiro atoms. The largest absolute Gasteiger partial charge is 0.352 e. The Hall–Kier alpha value is -1.99. The lowest BCUT2D eigenvalue weighted by Crippen LogP contribution is -2.34. The normalized spacial score (nSPS) is 18.0. The molecule has 1 aliphatic carbocycles. The molecule has 1 heterocycles. The Kier molecular flexibility index (Phi) is 6.58. The molecular formula is C21H26ClF2N3O2. The molecule has 1 aliphatic rings. The highest BCUT2D eigenvalue weighted by Gasteiger charge is 2.35. The summed E-state index contributed by atoms with van der Waals surface area (Å²) in [6.45, 7) is 2.88. The highest BCUT2D eigenvalue weighted by atomic mass is 35.5. The number of hydrogen-bond acceptors (Lipinski definition) is 3. The van der Waals surface area contributed by atoms with Crippen molar-refractivity contribution in [2.24, 2.45) is 5.92 Å². The molecule has 1 aromatic heterocycles. The third kappa shape index (κ3) is 4.78. The molecule has 29 heavy (non-hydrogen) atoms. The maximum Gasteiger partial charge on any atom is 0.258 e. The van der Waals surface area contributed by atoms with Crippen LogP contribution in [0.1, 0.15) is 49.0 Å². The smallest absolute Gasteiger partial charge is 0.258 e. The molecule has 5 nitrogen and oxygen atoms in total. The second-order valence-corrected chi connectivity index (χ2v) is 8.24. The van der Waals surface area contributed by atoms with Gasteiger partial charge in [-0.05, 0) is 50.9 Å². The van der Waals surface area contributed by atoms with Crippen LogP contribution in [-0.4, -0.2) is 36.5 Å². The Labute approximate surface area is 173 Å². The summed E-state index contributed by atoms with van der Waals surface area (Å²) in [7, 11) is 1.82. The average molecular weight is 426 g/mol. The van der Waals surface area contributed by atoms with Crippen LogP contribution in [-0.2, 0) is 0 Å². The predicted molar refractivity (Wildman–Crippen MR) is 111 cm³/mol. The molecule has 0 saturated heterocycles. The molecule has 2 aromatic rings. The fourth-order valence-corrected chi connectivity index (χ4v) is 4.17. The molecule has 1 saturated carbocycles. The Bertz CT molecular complexity index is 951. The zero-order valence-electron chi connectivity index (χ0n) is 16.6. The van der Waals surface area contributed by atoms with Crippen molar-refractivity contribution in [1.82, 2.24) is 15.2 Å². The topological polar surface area (TPSA) is 63.1 Å². The van der Waals surface area contributed by atoms with Gasteiger partial charge in [-0.15, -0.1) is 0 Å². The predicted octanol–water partition coefficient (Wildman–Crippen LogP) is 3.99. The number of nitrogens with zero attached hydrogens (tertiary/aromatic N) is 1. The van der Waals surface area contributed by atoms with Crippen LogP contribution in [0, 0.1) is 5.92 Å². The summed E-state index contributed by atoms with van der Waals surface area (Å²) in [5.41, 5.74) is 0.0568. The zero-order valence-corrected chi connectivity index (χ0v) is 17.4. The van der Waals surface area contributed by atoms with Gasteiger partial charge < -0.3 is 15.2 Å². The minimum absolute atomic E-state index is 0.0203. The second kappa shape index (κ2) is 8.79. The third-order valence-electron chi connectivity index (χ3n) is 5.65. The number of amides is 1. The van der Waals surface area contributed by atoms with Gasteiger partial charge in [-0.1, -0.05) is 11.6 Å². The number of alkyl halides is 2. The molecule has 2 N–H and O–H groups in total. The van der Waals surface area contributed by atoms with Crippen LogP contribution >= 0.6 is 11.6 Å². The van der Waals surface area contributed by atoms with Crippen LogP contribution in [0.3, 0.4) is 0 Å². The minimum atomic E-state index is -2.59. The van der Waals surface area contributed by atoms with Crippen molar-refractivity contribution in [3.05, 3.63) is 45.3 Å². The van der Waals surface area contributed by atoms with Crippen molar-refractivity contribution >= 4 is 28.3 Å². The number of likely N-dealkylation sites (N-methyl/N-ethyl adjacent to an activating group) is 1. The van der Waals surface area contributed by atoms with Crippen molar-refractivity contribution in [3.8, 4) is 0 Å². The molecule has 158 valence electrons. The number of rotatable bonds is 6. The lowest BCUT2D eigenvalue weighted by molar-refractivity contribution is -0.0452. The number of fused-ring (bicyclic) bond motifs is 1. The first kappa shape index (κ1) is 21.7. The van der Waals surface area contributed by atoms with Crippen LogP contribution < -0.4 is 16.2 Å². The summed E-state index contributed by atoms with van der Waals surface area (Å²) >= 11 is 6.28. The number of aromatic nitrogens is 1. The number of benzene rings is 1. The van der Waals surface area contributed by atoms with E-state index in [-0.39, 0.29) is 40.9 Å². The van der Waals surface area contributed by atoms with Crippen molar-refractivity contribution in [3.63, 3.8) is 0 Å². The fraction of sp³-hybridized carbons (Fsp3) is 0.524. The van der Waals surface area contributed by atoms with E-state index in [4.69, 9.17) is 11.6 Å². The summed E-state index contributed by atoms with van der Waals surface area (Å²) < 4.78 is 28.2. The molecule has 1 aromatic carbocycles. The van der Waals surface area contributed by atoms with Crippen LogP contribution in [0.4, 0.5) is 8.78 Å². The van der Waals surface area contributed by atoms with Gasteiger partial charge in [0.25, 0.3) is 11.5 Å². The molecular weight excluding hydrogens is 400 g/mol. The zero-order chi connectivity index (χ0) is 21.2. The third-order valence-corrected chi connectivity index (χ3v) is 5.97. The quantitative estimate of drug-likeness (QED) is 0.735. The van der Waals surface area contributed by atoms with Gasteiger partial charge in [0.05, 0.1) is 10.6 Å². The van der Waals surface area contributed by atoms with Gasteiger partial charge in [0.15, 0.2) is 0 Å². The number of nitrogens with one attached hydrogen (secondary N) is 2. The van der Waals surface area contributed by atoms with Crippen LogP contribution in [0.5, 0.6) is 0 Å². The number of hydrogen-bond donors (Lipinski definition) is 2. The Morgan fingerprint density at radius 2 is 1.97 bits per heavy atom. The van der Waals surface area contributed by atoms with E-state index in [9.17, 15) is 18.4 Å². The Balaban J connectivity index is 1.83. The van der Waals surface area contributed by atoms with Crippen molar-refractivity contribution < 1.29 is 13.6 Å². The second-order valence-electron chi connectivity index (χ2n) is 7.83. The molecule has 0 bridgehead atoms. The lowest BCUT2D eigenvalue weighted by atomic mass is 9.87. The van der Waals surface area contributed by atoms with Crippen LogP contribution in [0.2, 0.25) is 5.02 Å². The van der Waals surface area contributed by atoms with E-state index in [0.717, 1.165) is 0 Å². The van der Waals surface area contributed by atoms with E-state index in [0.29, 0.717) is 36.7 Å². The number of pyridine rings is 1. The lowest BCUT2D eigenvalue weighted by Gasteiger charge is -2.28. The first-order valence-electron chi connectivity index (χ1n) is 9.87. The van der Waals surface area contributed by atoms with Gasteiger partial charge in [0.2, 0.25) is 5.92 Å². The molecule has 1 atom stereocenters. The van der Waals surface area contributed by atoms with Gasteiger partial charge >= 0.3 is 0 Å². The molecule has 1 amide bonds. The van der Waals surface area contributed by atoms with Gasteiger partial charge in [0.1, 0.15) is 0 Å². The first-order chi connectivity index (χ1) is 13.7. The summed E-state index contributed by atoms with van der Waals surface area (Å²) in [6, 6.07) is 4.86. The van der Waals surface area contributed by atoms with Gasteiger partial charge in [-0.2, -0.15) is 0 Å². The summed E-state index contributed by atoms with van der Waals surface area (Å²) in [6.07, 6.45) is 2.14. The Morgan fingerprint density at radius 3 is 2.62 bits per heavy atom. The molecule has 1 fully saturated rings. The highest BCUT2D eigenvalue weighted by molar-refractivity contribution is 6.35. The van der Waals surface area contributed by atoms with Crippen molar-refractivity contribution in [1.29, 1.82) is 0 Å². The standard InChI is InChI=1S/C21H26ClF2N3O2/c1-13(11-25-2)27-10-7-15-16(20(27)29)3-4-17(22)18(15)19(28)26-12-14-5-8-21(23,24)9-6-14/h3-4,7,10,13-14,25H,5-6,8-9,11-12H2,1-2H3,(H,26,28)/t13-/m1/s1. The van der Waals surface area contributed by atoms with E-state index >= 15 is 0 Å². The van der Waals surface area contributed by atoms with E-state index in [1.807, 2.05) is 14.0 Å². The number of carbonyl (C=O) groups excluding carboxylic acids is 1. The summed E-state index contributed by atoms with van der Waals surface area (Å²) in [5.74, 6) is -2.96. The Morgan fingerprint density at radius 1 is 1.28 bits per heavy atom.